The van der Waals surface area contributed by atoms with Crippen LogP contribution in [0.1, 0.15) is 10.4 Å². The van der Waals surface area contributed by atoms with E-state index in [4.69, 9.17) is 5.11 Å². The molecule has 1 aliphatic heterocycles. The Labute approximate surface area is 118 Å². The fourth-order valence-electron chi connectivity index (χ4n) is 2.31. The summed E-state index contributed by atoms with van der Waals surface area (Å²) in [6, 6.07) is 2.11. The lowest BCUT2D eigenvalue weighted by Gasteiger charge is -2.29. The average molecular weight is 280 g/mol. The Morgan fingerprint density at radius 2 is 2.47 bits per heavy atom. The number of aliphatic hydroxyl groups excluding tert-OH is 1. The first-order valence-corrected chi connectivity index (χ1v) is 7.39. The van der Waals surface area contributed by atoms with E-state index in [2.05, 4.69) is 18.0 Å². The molecule has 4 nitrogen and oxygen atoms in total. The van der Waals surface area contributed by atoms with Crippen molar-refractivity contribution in [3.8, 4) is 0 Å². The van der Waals surface area contributed by atoms with Crippen LogP contribution in [0.2, 0.25) is 0 Å². The Bertz CT molecular complexity index is 444. The van der Waals surface area contributed by atoms with Crippen molar-refractivity contribution in [1.29, 1.82) is 0 Å². The second-order valence-electron chi connectivity index (χ2n) is 4.68. The molecule has 0 aromatic carbocycles. The van der Waals surface area contributed by atoms with Gasteiger partial charge in [-0.25, -0.2) is 0 Å². The molecule has 0 atom stereocenters. The van der Waals surface area contributed by atoms with Gasteiger partial charge in [0.1, 0.15) is 0 Å². The van der Waals surface area contributed by atoms with E-state index in [-0.39, 0.29) is 12.5 Å². The van der Waals surface area contributed by atoms with Crippen molar-refractivity contribution in [2.45, 2.75) is 13.0 Å². The monoisotopic (exact) mass is 280 g/mol. The zero-order chi connectivity index (χ0) is 13.7. The number of rotatable bonds is 6. The predicted molar refractivity (Wildman–Crippen MR) is 77.2 cm³/mol. The molecule has 0 aliphatic carbocycles. The van der Waals surface area contributed by atoms with Gasteiger partial charge in [-0.1, -0.05) is 6.08 Å². The van der Waals surface area contributed by atoms with Crippen molar-refractivity contribution in [3.05, 3.63) is 34.5 Å². The molecule has 5 heteroatoms. The highest BCUT2D eigenvalue weighted by molar-refractivity contribution is 7.10. The first-order valence-electron chi connectivity index (χ1n) is 6.51. The van der Waals surface area contributed by atoms with Gasteiger partial charge in [0.25, 0.3) is 0 Å². The molecule has 0 radical (unpaired) electrons. The third kappa shape index (κ3) is 3.65. The van der Waals surface area contributed by atoms with Gasteiger partial charge in [-0.15, -0.1) is 17.9 Å². The lowest BCUT2D eigenvalue weighted by atomic mass is 10.1. The molecule has 104 valence electrons. The molecular formula is C14H20N2O2S. The predicted octanol–water partition coefficient (Wildman–Crippen LogP) is 1.11. The molecule has 1 aliphatic rings. The van der Waals surface area contributed by atoms with Gasteiger partial charge in [-0.05, 0) is 23.4 Å². The van der Waals surface area contributed by atoms with Gasteiger partial charge in [0.15, 0.2) is 0 Å². The number of aliphatic hydroxyl groups is 1. The van der Waals surface area contributed by atoms with Gasteiger partial charge in [0, 0.05) is 31.1 Å². The Morgan fingerprint density at radius 1 is 1.63 bits per heavy atom. The van der Waals surface area contributed by atoms with Crippen LogP contribution in [-0.4, -0.2) is 53.6 Å². The van der Waals surface area contributed by atoms with E-state index in [0.717, 1.165) is 19.5 Å². The molecule has 19 heavy (non-hydrogen) atoms. The first kappa shape index (κ1) is 14.2. The summed E-state index contributed by atoms with van der Waals surface area (Å²) >= 11 is 1.77. The molecule has 1 aromatic heterocycles. The van der Waals surface area contributed by atoms with Gasteiger partial charge in [0.2, 0.25) is 5.91 Å². The van der Waals surface area contributed by atoms with Crippen molar-refractivity contribution < 1.29 is 9.90 Å². The Kier molecular flexibility index (Phi) is 5.13. The summed E-state index contributed by atoms with van der Waals surface area (Å²) in [4.78, 5) is 17.5. The Balaban J connectivity index is 1.91. The number of thiophene rings is 1. The van der Waals surface area contributed by atoms with Crippen LogP contribution in [0.4, 0.5) is 0 Å². The highest BCUT2D eigenvalue weighted by Gasteiger charge is 2.22. The first-order chi connectivity index (χ1) is 9.24. The lowest BCUT2D eigenvalue weighted by molar-refractivity contribution is -0.133. The van der Waals surface area contributed by atoms with Crippen LogP contribution in [0.3, 0.4) is 0 Å². The summed E-state index contributed by atoms with van der Waals surface area (Å²) in [5.41, 5.74) is 1.28. The van der Waals surface area contributed by atoms with Gasteiger partial charge in [-0.3, -0.25) is 9.69 Å². The van der Waals surface area contributed by atoms with Crippen LogP contribution in [-0.2, 0) is 17.8 Å². The number of hydrogen-bond donors (Lipinski definition) is 1. The summed E-state index contributed by atoms with van der Waals surface area (Å²) in [5, 5.41) is 11.1. The van der Waals surface area contributed by atoms with Crippen molar-refractivity contribution in [2.75, 3.05) is 32.8 Å². The highest BCUT2D eigenvalue weighted by atomic mass is 32.1. The molecule has 2 rings (SSSR count). The molecule has 1 N–H and O–H groups in total. The van der Waals surface area contributed by atoms with E-state index in [1.807, 2.05) is 9.80 Å². The zero-order valence-electron chi connectivity index (χ0n) is 11.0. The molecule has 0 fully saturated rings. The maximum atomic E-state index is 12.3. The smallest absolute Gasteiger partial charge is 0.237 e. The quantitative estimate of drug-likeness (QED) is 0.794. The SMILES string of the molecule is C=CCN(CCO)CC(=O)N1CCc2sccc2C1. The molecule has 0 bridgehead atoms. The number of amides is 1. The third-order valence-corrected chi connectivity index (χ3v) is 4.35. The molecule has 0 unspecified atom stereocenters. The Morgan fingerprint density at radius 3 is 3.21 bits per heavy atom. The fraction of sp³-hybridized carbons (Fsp3) is 0.500. The third-order valence-electron chi connectivity index (χ3n) is 3.32. The number of fused-ring (bicyclic) bond motifs is 1. The second kappa shape index (κ2) is 6.84. The van der Waals surface area contributed by atoms with E-state index >= 15 is 0 Å². The van der Waals surface area contributed by atoms with Crippen LogP contribution >= 0.6 is 11.3 Å². The summed E-state index contributed by atoms with van der Waals surface area (Å²) in [6.45, 7) is 6.76. The maximum absolute atomic E-state index is 12.3. The fourth-order valence-corrected chi connectivity index (χ4v) is 3.20. The van der Waals surface area contributed by atoms with Gasteiger partial charge < -0.3 is 10.0 Å². The normalized spacial score (nSPS) is 14.5. The van der Waals surface area contributed by atoms with E-state index in [0.29, 0.717) is 19.6 Å². The standard InChI is InChI=1S/C14H20N2O2S/c1-2-5-15(7-8-17)11-14(18)16-6-3-13-12(10-16)4-9-19-13/h2,4,9,17H,1,3,5-8,10-11H2. The average Bonchev–Trinajstić information content (AvgIpc) is 2.86. The summed E-state index contributed by atoms with van der Waals surface area (Å²) in [5.74, 6) is 0.132. The zero-order valence-corrected chi connectivity index (χ0v) is 11.9. The van der Waals surface area contributed by atoms with Crippen molar-refractivity contribution in [1.82, 2.24) is 9.80 Å². The van der Waals surface area contributed by atoms with E-state index in [1.165, 1.54) is 10.4 Å². The van der Waals surface area contributed by atoms with Gasteiger partial charge in [0.05, 0.1) is 13.2 Å². The van der Waals surface area contributed by atoms with Crippen LogP contribution in [0.15, 0.2) is 24.1 Å². The number of hydrogen-bond acceptors (Lipinski definition) is 4. The maximum Gasteiger partial charge on any atom is 0.237 e. The van der Waals surface area contributed by atoms with Crippen LogP contribution in [0.5, 0.6) is 0 Å². The molecular weight excluding hydrogens is 260 g/mol. The largest absolute Gasteiger partial charge is 0.395 e. The Hall–Kier alpha value is -1.17. The number of nitrogens with zero attached hydrogens (tertiary/aromatic N) is 2. The van der Waals surface area contributed by atoms with Crippen molar-refractivity contribution >= 4 is 17.2 Å². The molecule has 0 spiro atoms. The van der Waals surface area contributed by atoms with Crippen LogP contribution in [0, 0.1) is 0 Å². The number of carbonyl (C=O) groups excluding carboxylic acids is 1. The van der Waals surface area contributed by atoms with E-state index in [9.17, 15) is 4.79 Å². The summed E-state index contributed by atoms with van der Waals surface area (Å²) < 4.78 is 0. The minimum Gasteiger partial charge on any atom is -0.395 e. The topological polar surface area (TPSA) is 43.8 Å². The molecule has 0 saturated carbocycles. The number of carbonyl (C=O) groups is 1. The molecule has 2 heterocycles. The van der Waals surface area contributed by atoms with Gasteiger partial charge in [-0.2, -0.15) is 0 Å². The second-order valence-corrected chi connectivity index (χ2v) is 5.68. The minimum absolute atomic E-state index is 0.0653. The van der Waals surface area contributed by atoms with Crippen molar-refractivity contribution in [3.63, 3.8) is 0 Å². The van der Waals surface area contributed by atoms with E-state index < -0.39 is 0 Å². The van der Waals surface area contributed by atoms with Crippen molar-refractivity contribution in [2.24, 2.45) is 0 Å². The molecule has 1 amide bonds. The minimum atomic E-state index is 0.0653. The summed E-state index contributed by atoms with van der Waals surface area (Å²) in [7, 11) is 0. The van der Waals surface area contributed by atoms with Crippen LogP contribution < -0.4 is 0 Å². The van der Waals surface area contributed by atoms with E-state index in [1.54, 1.807) is 17.4 Å². The molecule has 1 aromatic rings. The van der Waals surface area contributed by atoms with Crippen LogP contribution in [0.25, 0.3) is 0 Å². The highest BCUT2D eigenvalue weighted by Crippen LogP contribution is 2.23. The van der Waals surface area contributed by atoms with Gasteiger partial charge >= 0.3 is 0 Å². The lowest BCUT2D eigenvalue weighted by Crippen LogP contribution is -2.43. The summed E-state index contributed by atoms with van der Waals surface area (Å²) in [6.07, 6.45) is 2.72. The molecule has 0 saturated heterocycles.